The number of amides is 2. The van der Waals surface area contributed by atoms with E-state index < -0.39 is 17.5 Å². The van der Waals surface area contributed by atoms with Gasteiger partial charge in [-0.2, -0.15) is 0 Å². The summed E-state index contributed by atoms with van der Waals surface area (Å²) in [5.41, 5.74) is -0.0285. The number of rotatable bonds is 4. The molecule has 19 heavy (non-hydrogen) atoms. The minimum absolute atomic E-state index is 0.392. The zero-order valence-electron chi connectivity index (χ0n) is 11.9. The van der Waals surface area contributed by atoms with Crippen LogP contribution in [0.5, 0.6) is 0 Å². The highest BCUT2D eigenvalue weighted by Crippen LogP contribution is 2.20. The minimum atomic E-state index is -1.23. The molecule has 0 unspecified atom stereocenters. The van der Waals surface area contributed by atoms with Gasteiger partial charge in [0, 0.05) is 16.8 Å². The van der Waals surface area contributed by atoms with E-state index >= 15 is 0 Å². The zero-order valence-corrected chi connectivity index (χ0v) is 12.7. The molecule has 1 aromatic heterocycles. The lowest BCUT2D eigenvalue weighted by molar-refractivity contribution is -0.146. The van der Waals surface area contributed by atoms with Crippen LogP contribution in [0, 0.1) is 13.8 Å². The first-order valence-corrected chi connectivity index (χ1v) is 6.79. The fourth-order valence-electron chi connectivity index (χ4n) is 1.42. The van der Waals surface area contributed by atoms with Crippen LogP contribution >= 0.6 is 11.3 Å². The number of hydrogen-bond acceptors (Lipinski definition) is 3. The predicted molar refractivity (Wildman–Crippen MR) is 75.5 cm³/mol. The second kappa shape index (κ2) is 5.61. The number of aliphatic carboxylic acids is 1. The minimum Gasteiger partial charge on any atom is -0.480 e. The molecule has 0 radical (unpaired) electrons. The molecule has 106 valence electrons. The van der Waals surface area contributed by atoms with Crippen molar-refractivity contribution in [2.24, 2.45) is 0 Å². The number of hydrogen-bond donors (Lipinski definition) is 2. The Morgan fingerprint density at radius 1 is 1.42 bits per heavy atom. The van der Waals surface area contributed by atoms with Gasteiger partial charge in [-0.3, -0.25) is 0 Å². The summed E-state index contributed by atoms with van der Waals surface area (Å²) in [4.78, 5) is 26.5. The average Bonchev–Trinajstić information content (AvgIpc) is 2.64. The highest BCUT2D eigenvalue weighted by Gasteiger charge is 2.35. The molecular formula is C13H20N2O3S. The van der Waals surface area contributed by atoms with Gasteiger partial charge in [0.15, 0.2) is 0 Å². The van der Waals surface area contributed by atoms with Crippen molar-refractivity contribution in [2.75, 3.05) is 7.05 Å². The molecule has 0 saturated carbocycles. The maximum absolute atomic E-state index is 11.9. The van der Waals surface area contributed by atoms with Gasteiger partial charge in [-0.25, -0.2) is 9.59 Å². The zero-order chi connectivity index (χ0) is 14.8. The van der Waals surface area contributed by atoms with Crippen molar-refractivity contribution in [3.63, 3.8) is 0 Å². The van der Waals surface area contributed by atoms with Crippen molar-refractivity contribution in [3.05, 3.63) is 21.4 Å². The van der Waals surface area contributed by atoms with Crippen LogP contribution in [0.25, 0.3) is 0 Å². The molecule has 0 bridgehead atoms. The van der Waals surface area contributed by atoms with Crippen molar-refractivity contribution < 1.29 is 14.7 Å². The third kappa shape index (κ3) is 3.47. The van der Waals surface area contributed by atoms with E-state index in [1.165, 1.54) is 36.2 Å². The summed E-state index contributed by atoms with van der Waals surface area (Å²) in [6, 6.07) is 1.64. The van der Waals surface area contributed by atoms with Gasteiger partial charge in [0.1, 0.15) is 5.54 Å². The number of urea groups is 1. The van der Waals surface area contributed by atoms with Crippen LogP contribution in [0.2, 0.25) is 0 Å². The van der Waals surface area contributed by atoms with E-state index in [9.17, 15) is 9.59 Å². The van der Waals surface area contributed by atoms with Crippen molar-refractivity contribution in [3.8, 4) is 0 Å². The maximum Gasteiger partial charge on any atom is 0.329 e. The lowest BCUT2D eigenvalue weighted by Gasteiger charge is -2.31. The maximum atomic E-state index is 11.9. The lowest BCUT2D eigenvalue weighted by atomic mass is 10.1. The molecule has 0 aliphatic carbocycles. The van der Waals surface area contributed by atoms with Gasteiger partial charge in [0.2, 0.25) is 0 Å². The molecule has 0 fully saturated rings. The standard InChI is InChI=1S/C13H20N2O3S/c1-8-6-10(19-9(8)2)7-14-12(18)15(5)13(3,4)11(16)17/h6H,7H2,1-5H3,(H,14,18)(H,16,17). The van der Waals surface area contributed by atoms with Crippen molar-refractivity contribution in [1.29, 1.82) is 0 Å². The SMILES string of the molecule is Cc1cc(CNC(=O)N(C)C(C)(C)C(=O)O)sc1C. The van der Waals surface area contributed by atoms with Crippen LogP contribution in [0.4, 0.5) is 4.79 Å². The van der Waals surface area contributed by atoms with Crippen LogP contribution < -0.4 is 5.32 Å². The Labute approximate surface area is 117 Å². The molecule has 6 heteroatoms. The largest absolute Gasteiger partial charge is 0.480 e. The van der Waals surface area contributed by atoms with Crippen molar-refractivity contribution in [1.82, 2.24) is 10.2 Å². The summed E-state index contributed by atoms with van der Waals surface area (Å²) in [7, 11) is 1.48. The Bertz CT molecular complexity index is 475. The fourth-order valence-corrected chi connectivity index (χ4v) is 2.41. The first-order chi connectivity index (χ1) is 8.66. The Kier molecular flexibility index (Phi) is 4.57. The number of carboxylic acid groups (broad SMARTS) is 1. The predicted octanol–water partition coefficient (Wildman–Crippen LogP) is 2.37. The molecule has 1 heterocycles. The van der Waals surface area contributed by atoms with Crippen molar-refractivity contribution >= 4 is 23.3 Å². The van der Waals surface area contributed by atoms with Crippen LogP contribution in [0.1, 0.15) is 29.2 Å². The monoisotopic (exact) mass is 284 g/mol. The first kappa shape index (κ1) is 15.5. The molecule has 2 N–H and O–H groups in total. The number of likely N-dealkylation sites (N-methyl/N-ethyl adjacent to an activating group) is 1. The molecular weight excluding hydrogens is 264 g/mol. The van der Waals surface area contributed by atoms with Gasteiger partial charge in [-0.1, -0.05) is 0 Å². The number of aryl methyl sites for hydroxylation is 2. The summed E-state index contributed by atoms with van der Waals surface area (Å²) in [5.74, 6) is -1.03. The fraction of sp³-hybridized carbons (Fsp3) is 0.538. The van der Waals surface area contributed by atoms with Crippen LogP contribution in [-0.4, -0.2) is 34.6 Å². The van der Waals surface area contributed by atoms with E-state index in [1.807, 2.05) is 19.9 Å². The van der Waals surface area contributed by atoms with E-state index in [-0.39, 0.29) is 0 Å². The van der Waals surface area contributed by atoms with Crippen molar-refractivity contribution in [2.45, 2.75) is 39.8 Å². The quantitative estimate of drug-likeness (QED) is 0.891. The Balaban J connectivity index is 2.63. The molecule has 2 amide bonds. The molecule has 1 aromatic rings. The lowest BCUT2D eigenvalue weighted by Crippen LogP contribution is -2.53. The highest BCUT2D eigenvalue weighted by atomic mass is 32.1. The van der Waals surface area contributed by atoms with Crippen LogP contribution in [0.3, 0.4) is 0 Å². The normalized spacial score (nSPS) is 11.2. The first-order valence-electron chi connectivity index (χ1n) is 5.97. The number of carboxylic acids is 1. The molecule has 0 atom stereocenters. The van der Waals surface area contributed by atoms with Crippen LogP contribution in [-0.2, 0) is 11.3 Å². The number of nitrogens with one attached hydrogen (secondary N) is 1. The van der Waals surface area contributed by atoms with Gasteiger partial charge < -0.3 is 15.3 Å². The summed E-state index contributed by atoms with van der Waals surface area (Å²) < 4.78 is 0. The third-order valence-corrected chi connectivity index (χ3v) is 4.45. The number of carbonyl (C=O) groups is 2. The second-order valence-electron chi connectivity index (χ2n) is 5.03. The molecule has 0 aliphatic heterocycles. The van der Waals surface area contributed by atoms with Gasteiger partial charge in [0.05, 0.1) is 6.54 Å². The third-order valence-electron chi connectivity index (χ3n) is 3.30. The summed E-state index contributed by atoms with van der Waals surface area (Å²) in [6.07, 6.45) is 0. The topological polar surface area (TPSA) is 69.6 Å². The van der Waals surface area contributed by atoms with Gasteiger partial charge >= 0.3 is 12.0 Å². The summed E-state index contributed by atoms with van der Waals surface area (Å²) in [5, 5.41) is 11.8. The number of carbonyl (C=O) groups excluding carboxylic acids is 1. The number of nitrogens with zero attached hydrogens (tertiary/aromatic N) is 1. The Hall–Kier alpha value is -1.56. The van der Waals surface area contributed by atoms with Crippen LogP contribution in [0.15, 0.2) is 6.07 Å². The van der Waals surface area contributed by atoms with E-state index in [0.717, 1.165) is 4.88 Å². The second-order valence-corrected chi connectivity index (χ2v) is 6.37. The molecule has 0 aliphatic rings. The molecule has 0 aromatic carbocycles. The van der Waals surface area contributed by atoms with E-state index in [1.54, 1.807) is 11.3 Å². The van der Waals surface area contributed by atoms with E-state index in [2.05, 4.69) is 5.32 Å². The molecule has 0 saturated heterocycles. The summed E-state index contributed by atoms with van der Waals surface area (Å²) >= 11 is 1.63. The average molecular weight is 284 g/mol. The van der Waals surface area contributed by atoms with Gasteiger partial charge in [-0.05, 0) is 39.3 Å². The van der Waals surface area contributed by atoms with E-state index in [0.29, 0.717) is 6.54 Å². The molecule has 5 nitrogen and oxygen atoms in total. The van der Waals surface area contributed by atoms with Gasteiger partial charge in [-0.15, -0.1) is 11.3 Å². The summed E-state index contributed by atoms with van der Waals surface area (Å²) in [6.45, 7) is 7.46. The molecule has 0 spiro atoms. The highest BCUT2D eigenvalue weighted by molar-refractivity contribution is 7.12. The van der Waals surface area contributed by atoms with E-state index in [4.69, 9.17) is 5.11 Å². The smallest absolute Gasteiger partial charge is 0.329 e. The van der Waals surface area contributed by atoms with Gasteiger partial charge in [0.25, 0.3) is 0 Å². The molecule has 1 rings (SSSR count). The number of thiophene rings is 1. The Morgan fingerprint density at radius 2 is 2.00 bits per heavy atom. The Morgan fingerprint density at radius 3 is 2.42 bits per heavy atom.